The Labute approximate surface area is 87.2 Å². The Kier molecular flexibility index (Phi) is 1.97. The first-order valence-corrected chi connectivity index (χ1v) is 5.86. The number of rotatable bonds is 0. The molecule has 0 bridgehead atoms. The van der Waals surface area contributed by atoms with Gasteiger partial charge in [0.15, 0.2) is 0 Å². The van der Waals surface area contributed by atoms with Crippen LogP contribution in [-0.4, -0.2) is 19.6 Å². The molecule has 0 spiro atoms. The monoisotopic (exact) mass is 226 g/mol. The molecule has 1 aliphatic rings. The fourth-order valence-corrected chi connectivity index (χ4v) is 2.92. The van der Waals surface area contributed by atoms with Crippen LogP contribution in [0.15, 0.2) is 23.1 Å². The van der Waals surface area contributed by atoms with E-state index in [0.29, 0.717) is 11.4 Å². The number of anilines is 2. The lowest BCUT2D eigenvalue weighted by Crippen LogP contribution is -2.37. The van der Waals surface area contributed by atoms with Crippen LogP contribution in [0.4, 0.5) is 11.4 Å². The zero-order chi connectivity index (χ0) is 11.2. The number of benzene rings is 1. The van der Waals surface area contributed by atoms with Crippen molar-refractivity contribution in [1.82, 2.24) is 0 Å². The zero-order valence-corrected chi connectivity index (χ0v) is 8.84. The fraction of sp³-hybridized carbons (Fsp3) is 0.222. The van der Waals surface area contributed by atoms with Gasteiger partial charge in [0.2, 0.25) is 9.84 Å². The van der Waals surface area contributed by atoms with E-state index in [1.165, 1.54) is 25.1 Å². The van der Waals surface area contributed by atoms with Crippen molar-refractivity contribution in [2.75, 3.05) is 11.1 Å². The van der Waals surface area contributed by atoms with E-state index in [1.807, 2.05) is 0 Å². The molecule has 1 heterocycles. The topological polar surface area (TPSA) is 89.3 Å². The van der Waals surface area contributed by atoms with E-state index in [1.54, 1.807) is 0 Å². The van der Waals surface area contributed by atoms with E-state index in [-0.39, 0.29) is 4.90 Å². The van der Waals surface area contributed by atoms with E-state index in [0.717, 1.165) is 0 Å². The summed E-state index contributed by atoms with van der Waals surface area (Å²) in [5.74, 6) is 0. The molecule has 0 fully saturated rings. The van der Waals surface area contributed by atoms with Crippen LogP contribution in [0.1, 0.15) is 6.92 Å². The van der Waals surface area contributed by atoms with Gasteiger partial charge in [-0.25, -0.2) is 8.42 Å². The van der Waals surface area contributed by atoms with Crippen LogP contribution in [0.2, 0.25) is 0 Å². The number of nitrogens with one attached hydrogen (secondary N) is 1. The third-order valence-corrected chi connectivity index (χ3v) is 4.10. The first kappa shape index (κ1) is 9.97. The summed E-state index contributed by atoms with van der Waals surface area (Å²) in [5, 5.41) is 1.99. The Morgan fingerprint density at radius 2 is 2.07 bits per heavy atom. The van der Waals surface area contributed by atoms with Gasteiger partial charge in [0, 0.05) is 5.69 Å². The molecule has 5 nitrogen and oxygen atoms in total. The Bertz CT molecular complexity index is 536. The average Bonchev–Trinajstić information content (AvgIpc) is 2.14. The van der Waals surface area contributed by atoms with Gasteiger partial charge < -0.3 is 11.1 Å². The predicted molar refractivity (Wildman–Crippen MR) is 56.1 cm³/mol. The Hall–Kier alpha value is -1.56. The largest absolute Gasteiger partial charge is 0.399 e. The molecule has 0 aromatic heterocycles. The van der Waals surface area contributed by atoms with Crippen molar-refractivity contribution < 1.29 is 13.2 Å². The van der Waals surface area contributed by atoms with Crippen molar-refractivity contribution in [3.63, 3.8) is 0 Å². The molecule has 80 valence electrons. The number of hydrogen-bond acceptors (Lipinski definition) is 5. The van der Waals surface area contributed by atoms with Crippen LogP contribution in [0, 0.1) is 0 Å². The van der Waals surface area contributed by atoms with E-state index in [4.69, 9.17) is 5.73 Å². The van der Waals surface area contributed by atoms with Crippen LogP contribution >= 0.6 is 0 Å². The Balaban J connectivity index is 2.72. The van der Waals surface area contributed by atoms with Gasteiger partial charge in [0.05, 0.1) is 16.6 Å². The first-order chi connectivity index (χ1) is 6.93. The molecule has 0 saturated heterocycles. The molecule has 0 radical (unpaired) electrons. The molecule has 1 aromatic carbocycles. The fourth-order valence-electron chi connectivity index (χ4n) is 1.53. The summed E-state index contributed by atoms with van der Waals surface area (Å²) in [6.45, 7) is 1.51. The second-order valence-corrected chi connectivity index (χ2v) is 5.29. The van der Waals surface area contributed by atoms with Gasteiger partial charge in [-0.05, 0) is 25.1 Å². The molecule has 0 amide bonds. The van der Waals surface area contributed by atoms with Gasteiger partial charge in [0.1, 0.15) is 0 Å². The Morgan fingerprint density at radius 1 is 1.40 bits per heavy atom. The number of carbonyl (C=O) groups excluding carboxylic acids is 1. The number of fused-ring (bicyclic) bond motifs is 1. The van der Waals surface area contributed by atoms with Gasteiger partial charge in [-0.15, -0.1) is 0 Å². The number of carbonyl (C=O) groups is 1. The molecule has 1 aliphatic heterocycles. The van der Waals surface area contributed by atoms with Crippen molar-refractivity contribution in [3.8, 4) is 0 Å². The normalized spacial score (nSPS) is 23.0. The third kappa shape index (κ3) is 1.37. The quantitative estimate of drug-likeness (QED) is 0.624. The lowest BCUT2D eigenvalue weighted by atomic mass is 10.2. The highest BCUT2D eigenvalue weighted by Crippen LogP contribution is 2.30. The molecule has 3 N–H and O–H groups in total. The van der Waals surface area contributed by atoms with E-state index >= 15 is 0 Å². The minimum Gasteiger partial charge on any atom is -0.399 e. The highest BCUT2D eigenvalue weighted by molar-refractivity contribution is 8.06. The number of hydrogen-bond donors (Lipinski definition) is 2. The summed E-state index contributed by atoms with van der Waals surface area (Å²) in [5.41, 5.74) is 6.38. The lowest BCUT2D eigenvalue weighted by Gasteiger charge is -2.22. The molecule has 6 heteroatoms. The highest BCUT2D eigenvalue weighted by Gasteiger charge is 2.36. The van der Waals surface area contributed by atoms with Crippen molar-refractivity contribution >= 4 is 26.3 Å². The van der Waals surface area contributed by atoms with E-state index in [9.17, 15) is 13.2 Å². The second-order valence-electron chi connectivity index (χ2n) is 3.44. The molecule has 2 rings (SSSR count). The van der Waals surface area contributed by atoms with Crippen molar-refractivity contribution in [3.05, 3.63) is 18.2 Å². The summed E-state index contributed by atoms with van der Waals surface area (Å²) in [6.07, 6.45) is 0. The lowest BCUT2D eigenvalue weighted by molar-refractivity contribution is -0.112. The summed E-state index contributed by atoms with van der Waals surface area (Å²) < 4.78 is 23.4. The van der Waals surface area contributed by atoms with Crippen LogP contribution in [-0.2, 0) is 14.6 Å². The molecule has 1 atom stereocenters. The summed E-state index contributed by atoms with van der Waals surface area (Å²) >= 11 is 0. The standard InChI is InChI=1S/C9H10N2O3S/c1-5-9(12)15(13,14)8-3-2-6(10)4-7(8)11-5/h2-5,11H,10H2,1H3. The van der Waals surface area contributed by atoms with E-state index < -0.39 is 21.0 Å². The smallest absolute Gasteiger partial charge is 0.272 e. The van der Waals surface area contributed by atoms with Crippen LogP contribution < -0.4 is 11.1 Å². The molecule has 15 heavy (non-hydrogen) atoms. The van der Waals surface area contributed by atoms with Crippen molar-refractivity contribution in [1.29, 1.82) is 0 Å². The zero-order valence-electron chi connectivity index (χ0n) is 8.02. The highest BCUT2D eigenvalue weighted by atomic mass is 32.2. The molecular formula is C9H10N2O3S. The van der Waals surface area contributed by atoms with Crippen LogP contribution in [0.3, 0.4) is 0 Å². The van der Waals surface area contributed by atoms with Gasteiger partial charge in [-0.3, -0.25) is 4.79 Å². The van der Waals surface area contributed by atoms with Crippen LogP contribution in [0.25, 0.3) is 0 Å². The number of nitrogens with two attached hydrogens (primary N) is 1. The minimum atomic E-state index is -3.84. The minimum absolute atomic E-state index is 0.000185. The summed E-state index contributed by atoms with van der Waals surface area (Å²) in [6, 6.07) is 3.58. The Morgan fingerprint density at radius 3 is 2.73 bits per heavy atom. The van der Waals surface area contributed by atoms with Gasteiger partial charge >= 0.3 is 0 Å². The third-order valence-electron chi connectivity index (χ3n) is 2.28. The SMILES string of the molecule is CC1Nc2cc(N)ccc2S(=O)(=O)C1=O. The molecule has 1 aromatic rings. The average molecular weight is 226 g/mol. The maximum atomic E-state index is 11.7. The van der Waals surface area contributed by atoms with Crippen LogP contribution in [0.5, 0.6) is 0 Å². The summed E-state index contributed by atoms with van der Waals surface area (Å²) in [7, 11) is -3.84. The van der Waals surface area contributed by atoms with E-state index in [2.05, 4.69) is 5.32 Å². The maximum Gasteiger partial charge on any atom is 0.272 e. The molecule has 1 unspecified atom stereocenters. The number of nitrogen functional groups attached to an aromatic ring is 1. The summed E-state index contributed by atoms with van der Waals surface area (Å²) in [4.78, 5) is 11.4. The number of sulfone groups is 1. The van der Waals surface area contributed by atoms with Gasteiger partial charge in [-0.2, -0.15) is 0 Å². The van der Waals surface area contributed by atoms with Gasteiger partial charge in [-0.1, -0.05) is 0 Å². The van der Waals surface area contributed by atoms with Crippen molar-refractivity contribution in [2.45, 2.75) is 17.9 Å². The second kappa shape index (κ2) is 2.96. The van der Waals surface area contributed by atoms with Crippen molar-refractivity contribution in [2.24, 2.45) is 0 Å². The first-order valence-electron chi connectivity index (χ1n) is 4.38. The molecular weight excluding hydrogens is 216 g/mol. The molecule has 0 saturated carbocycles. The predicted octanol–water partition coefficient (Wildman–Crippen LogP) is 0.383. The van der Waals surface area contributed by atoms with Gasteiger partial charge in [0.25, 0.3) is 5.12 Å². The maximum absolute atomic E-state index is 11.7. The molecule has 0 aliphatic carbocycles.